The minimum absolute atomic E-state index is 0.0172. The van der Waals surface area contributed by atoms with Crippen molar-refractivity contribution >= 4 is 17.5 Å². The van der Waals surface area contributed by atoms with E-state index in [0.717, 1.165) is 31.4 Å². The number of piperidine rings is 1. The molecule has 1 aromatic carbocycles. The lowest BCUT2D eigenvalue weighted by molar-refractivity contribution is -0.138. The molecule has 1 saturated carbocycles. The van der Waals surface area contributed by atoms with Gasteiger partial charge in [-0.3, -0.25) is 9.59 Å². The van der Waals surface area contributed by atoms with E-state index in [1.54, 1.807) is 0 Å². The fourth-order valence-corrected chi connectivity index (χ4v) is 4.33. The molecule has 0 unspecified atom stereocenters. The SMILES string of the molecule is O=C1NC2(CCN(C(=O)C3CCCCC3)CC2)Nc2ccccc21. The van der Waals surface area contributed by atoms with Gasteiger partial charge in [-0.05, 0) is 25.0 Å². The number of carbonyl (C=O) groups excluding carboxylic acids is 2. The number of fused-ring (bicyclic) bond motifs is 1. The first kappa shape index (κ1) is 15.5. The van der Waals surface area contributed by atoms with Crippen LogP contribution in [0.1, 0.15) is 55.3 Å². The summed E-state index contributed by atoms with van der Waals surface area (Å²) >= 11 is 0. The van der Waals surface area contributed by atoms with Crippen molar-refractivity contribution in [2.75, 3.05) is 18.4 Å². The van der Waals surface area contributed by atoms with E-state index in [0.29, 0.717) is 24.6 Å². The van der Waals surface area contributed by atoms with Crippen molar-refractivity contribution < 1.29 is 9.59 Å². The number of hydrogen-bond donors (Lipinski definition) is 2. The standard InChI is InChI=1S/C19H25N3O2/c23-17-15-8-4-5-9-16(15)20-19(21-17)10-12-22(13-11-19)18(24)14-6-2-1-3-7-14/h4-5,8-9,14,20H,1-3,6-7,10-13H2,(H,21,23). The lowest BCUT2D eigenvalue weighted by Gasteiger charge is -2.46. The number of amides is 2. The van der Waals surface area contributed by atoms with Crippen molar-refractivity contribution in [3.63, 3.8) is 0 Å². The molecule has 4 rings (SSSR count). The Hall–Kier alpha value is -2.04. The summed E-state index contributed by atoms with van der Waals surface area (Å²) in [5.74, 6) is 0.533. The average molecular weight is 327 g/mol. The van der Waals surface area contributed by atoms with E-state index < -0.39 is 5.66 Å². The summed E-state index contributed by atoms with van der Waals surface area (Å²) in [6.07, 6.45) is 7.23. The zero-order valence-electron chi connectivity index (χ0n) is 14.0. The van der Waals surface area contributed by atoms with Crippen LogP contribution in [0.15, 0.2) is 24.3 Å². The summed E-state index contributed by atoms with van der Waals surface area (Å²) in [5.41, 5.74) is 1.19. The smallest absolute Gasteiger partial charge is 0.255 e. The van der Waals surface area contributed by atoms with Crippen LogP contribution in [-0.4, -0.2) is 35.5 Å². The van der Waals surface area contributed by atoms with Gasteiger partial charge in [0.25, 0.3) is 5.91 Å². The number of likely N-dealkylation sites (tertiary alicyclic amines) is 1. The third kappa shape index (κ3) is 2.76. The predicted octanol–water partition coefficient (Wildman–Crippen LogP) is 2.74. The molecule has 2 fully saturated rings. The van der Waals surface area contributed by atoms with E-state index in [1.807, 2.05) is 29.2 Å². The number of carbonyl (C=O) groups is 2. The van der Waals surface area contributed by atoms with Gasteiger partial charge in [0.1, 0.15) is 5.66 Å². The van der Waals surface area contributed by atoms with Crippen LogP contribution < -0.4 is 10.6 Å². The molecular formula is C19H25N3O2. The third-order valence-electron chi connectivity index (χ3n) is 5.78. The molecule has 0 radical (unpaired) electrons. The Morgan fingerprint density at radius 3 is 2.50 bits per heavy atom. The first-order valence-corrected chi connectivity index (χ1v) is 9.15. The molecule has 1 aliphatic carbocycles. The van der Waals surface area contributed by atoms with Crippen LogP contribution in [0, 0.1) is 5.92 Å². The summed E-state index contributed by atoms with van der Waals surface area (Å²) in [4.78, 5) is 27.1. The molecule has 2 heterocycles. The molecule has 0 aromatic heterocycles. The Labute approximate surface area is 142 Å². The normalized spacial score (nSPS) is 23.3. The Morgan fingerprint density at radius 2 is 1.75 bits per heavy atom. The van der Waals surface area contributed by atoms with Crippen LogP contribution >= 0.6 is 0 Å². The van der Waals surface area contributed by atoms with Crippen LogP contribution in [0.5, 0.6) is 0 Å². The molecule has 0 atom stereocenters. The van der Waals surface area contributed by atoms with Gasteiger partial charge in [-0.15, -0.1) is 0 Å². The van der Waals surface area contributed by atoms with Gasteiger partial charge in [-0.25, -0.2) is 0 Å². The Balaban J connectivity index is 1.43. The molecule has 5 heteroatoms. The molecule has 1 spiro atoms. The molecule has 1 saturated heterocycles. The lowest BCUT2D eigenvalue weighted by atomic mass is 9.86. The molecule has 24 heavy (non-hydrogen) atoms. The highest BCUT2D eigenvalue weighted by atomic mass is 16.2. The van der Waals surface area contributed by atoms with Crippen LogP contribution in [0.25, 0.3) is 0 Å². The second-order valence-corrected chi connectivity index (χ2v) is 7.37. The van der Waals surface area contributed by atoms with Crippen LogP contribution in [0.2, 0.25) is 0 Å². The minimum Gasteiger partial charge on any atom is -0.362 e. The molecule has 3 aliphatic rings. The number of para-hydroxylation sites is 1. The number of rotatable bonds is 1. The highest BCUT2D eigenvalue weighted by molar-refractivity contribution is 6.02. The van der Waals surface area contributed by atoms with E-state index in [1.165, 1.54) is 19.3 Å². The fraction of sp³-hybridized carbons (Fsp3) is 0.579. The summed E-state index contributed by atoms with van der Waals surface area (Å²) in [6, 6.07) is 7.62. The summed E-state index contributed by atoms with van der Waals surface area (Å²) in [5, 5.41) is 6.65. The van der Waals surface area contributed by atoms with Crippen molar-refractivity contribution in [3.8, 4) is 0 Å². The number of nitrogens with zero attached hydrogens (tertiary/aromatic N) is 1. The average Bonchev–Trinajstić information content (AvgIpc) is 2.62. The number of benzene rings is 1. The Kier molecular flexibility index (Phi) is 3.94. The van der Waals surface area contributed by atoms with Crippen molar-refractivity contribution in [3.05, 3.63) is 29.8 Å². The number of nitrogens with one attached hydrogen (secondary N) is 2. The van der Waals surface area contributed by atoms with E-state index in [9.17, 15) is 9.59 Å². The molecular weight excluding hydrogens is 302 g/mol. The maximum absolute atomic E-state index is 12.7. The van der Waals surface area contributed by atoms with Gasteiger partial charge in [-0.1, -0.05) is 31.4 Å². The molecule has 1 aromatic rings. The monoisotopic (exact) mass is 327 g/mol. The van der Waals surface area contributed by atoms with E-state index in [4.69, 9.17) is 0 Å². The summed E-state index contributed by atoms with van der Waals surface area (Å²) in [6.45, 7) is 1.43. The van der Waals surface area contributed by atoms with E-state index >= 15 is 0 Å². The van der Waals surface area contributed by atoms with Gasteiger partial charge in [0.15, 0.2) is 0 Å². The van der Waals surface area contributed by atoms with Gasteiger partial charge < -0.3 is 15.5 Å². The highest BCUT2D eigenvalue weighted by Gasteiger charge is 2.41. The van der Waals surface area contributed by atoms with Crippen molar-refractivity contribution in [2.24, 2.45) is 5.92 Å². The van der Waals surface area contributed by atoms with E-state index in [2.05, 4.69) is 10.6 Å². The van der Waals surface area contributed by atoms with Gasteiger partial charge in [-0.2, -0.15) is 0 Å². The van der Waals surface area contributed by atoms with Crippen molar-refractivity contribution in [1.82, 2.24) is 10.2 Å². The molecule has 2 aliphatic heterocycles. The first-order chi connectivity index (χ1) is 11.7. The van der Waals surface area contributed by atoms with Crippen LogP contribution in [-0.2, 0) is 4.79 Å². The molecule has 5 nitrogen and oxygen atoms in total. The fourth-order valence-electron chi connectivity index (χ4n) is 4.33. The second kappa shape index (κ2) is 6.11. The van der Waals surface area contributed by atoms with E-state index in [-0.39, 0.29) is 11.8 Å². The lowest BCUT2D eigenvalue weighted by Crippen LogP contribution is -2.63. The molecule has 0 bridgehead atoms. The molecule has 128 valence electrons. The van der Waals surface area contributed by atoms with Gasteiger partial charge in [0.05, 0.1) is 5.56 Å². The second-order valence-electron chi connectivity index (χ2n) is 7.37. The third-order valence-corrected chi connectivity index (χ3v) is 5.78. The van der Waals surface area contributed by atoms with Gasteiger partial charge in [0, 0.05) is 37.5 Å². The van der Waals surface area contributed by atoms with Crippen molar-refractivity contribution in [1.29, 1.82) is 0 Å². The quantitative estimate of drug-likeness (QED) is 0.834. The first-order valence-electron chi connectivity index (χ1n) is 9.15. The van der Waals surface area contributed by atoms with Crippen molar-refractivity contribution in [2.45, 2.75) is 50.6 Å². The predicted molar refractivity (Wildman–Crippen MR) is 92.7 cm³/mol. The zero-order valence-corrected chi connectivity index (χ0v) is 14.0. The van der Waals surface area contributed by atoms with Gasteiger partial charge in [0.2, 0.25) is 5.91 Å². The molecule has 2 amide bonds. The largest absolute Gasteiger partial charge is 0.362 e. The summed E-state index contributed by atoms with van der Waals surface area (Å²) in [7, 11) is 0. The number of anilines is 1. The Bertz CT molecular complexity index is 644. The van der Waals surface area contributed by atoms with Crippen LogP contribution in [0.3, 0.4) is 0 Å². The molecule has 2 N–H and O–H groups in total. The maximum Gasteiger partial charge on any atom is 0.255 e. The highest BCUT2D eigenvalue weighted by Crippen LogP contribution is 2.33. The topological polar surface area (TPSA) is 61.4 Å². The minimum atomic E-state index is -0.408. The Morgan fingerprint density at radius 1 is 1.04 bits per heavy atom. The maximum atomic E-state index is 12.7. The van der Waals surface area contributed by atoms with Crippen LogP contribution in [0.4, 0.5) is 5.69 Å². The zero-order chi connectivity index (χ0) is 16.6. The number of hydrogen-bond acceptors (Lipinski definition) is 3. The van der Waals surface area contributed by atoms with Gasteiger partial charge >= 0.3 is 0 Å². The summed E-state index contributed by atoms with van der Waals surface area (Å²) < 4.78 is 0.